The third-order valence-corrected chi connectivity index (χ3v) is 5.56. The Morgan fingerprint density at radius 2 is 1.33 bits per heavy atom. The van der Waals surface area contributed by atoms with Crippen LogP contribution in [-0.2, 0) is 0 Å². The van der Waals surface area contributed by atoms with E-state index in [9.17, 15) is 0 Å². The summed E-state index contributed by atoms with van der Waals surface area (Å²) in [5.74, 6) is 0. The molecule has 2 aliphatic rings. The molecule has 2 saturated heterocycles. The second-order valence-corrected chi connectivity index (χ2v) is 7.36. The predicted molar refractivity (Wildman–Crippen MR) is 99.1 cm³/mol. The molecule has 126 valence electrons. The maximum atomic E-state index is 3.47. The molecular weight excluding hydrogens is 294 g/mol. The molecule has 2 fully saturated rings. The summed E-state index contributed by atoms with van der Waals surface area (Å²) in [4.78, 5) is 5.31. The normalized spacial score (nSPS) is 21.6. The van der Waals surface area contributed by atoms with Crippen molar-refractivity contribution in [3.8, 4) is 0 Å². The maximum absolute atomic E-state index is 3.47. The van der Waals surface area contributed by atoms with Gasteiger partial charge in [-0.3, -0.25) is 9.80 Å². The van der Waals surface area contributed by atoms with E-state index < -0.39 is 0 Å². The summed E-state index contributed by atoms with van der Waals surface area (Å²) in [5.41, 5.74) is 3.11. The molecule has 0 saturated carbocycles. The smallest absolute Gasteiger partial charge is 0.0603 e. The van der Waals surface area contributed by atoms with Crippen LogP contribution in [0.4, 0.5) is 0 Å². The first-order chi connectivity index (χ1) is 11.8. The molecule has 0 unspecified atom stereocenters. The molecule has 3 heteroatoms. The van der Waals surface area contributed by atoms with Gasteiger partial charge in [0, 0.05) is 44.8 Å². The number of rotatable bonds is 4. The third-order valence-electron chi connectivity index (χ3n) is 5.56. The van der Waals surface area contributed by atoms with E-state index in [1.165, 1.54) is 24.2 Å². The van der Waals surface area contributed by atoms with Crippen molar-refractivity contribution in [3.63, 3.8) is 0 Å². The number of nitrogens with one attached hydrogen (secondary N) is 1. The first-order valence-electron chi connectivity index (χ1n) is 9.06. The molecule has 0 amide bonds. The highest BCUT2D eigenvalue weighted by molar-refractivity contribution is 5.33. The fourth-order valence-electron chi connectivity index (χ4n) is 4.30. The number of likely N-dealkylation sites (tertiary alicyclic amines) is 1. The Hall–Kier alpha value is -1.68. The lowest BCUT2D eigenvalue weighted by molar-refractivity contribution is -0.0620. The highest BCUT2D eigenvalue weighted by atomic mass is 15.4. The molecule has 2 aromatic rings. The molecule has 0 aromatic heterocycles. The molecule has 0 bridgehead atoms. The third kappa shape index (κ3) is 3.00. The lowest BCUT2D eigenvalue weighted by Gasteiger charge is -2.57. The van der Waals surface area contributed by atoms with Crippen molar-refractivity contribution < 1.29 is 0 Å². The maximum Gasteiger partial charge on any atom is 0.0603 e. The molecule has 0 spiro atoms. The first-order valence-corrected chi connectivity index (χ1v) is 9.06. The zero-order chi connectivity index (χ0) is 16.4. The van der Waals surface area contributed by atoms with Crippen molar-refractivity contribution in [1.29, 1.82) is 0 Å². The molecule has 2 aromatic carbocycles. The van der Waals surface area contributed by atoms with Gasteiger partial charge in [-0.15, -0.1) is 0 Å². The number of hydrogen-bond donors (Lipinski definition) is 1. The van der Waals surface area contributed by atoms with Crippen molar-refractivity contribution in [2.45, 2.75) is 18.5 Å². The molecule has 4 rings (SSSR count). The largest absolute Gasteiger partial charge is 0.314 e. The quantitative estimate of drug-likeness (QED) is 0.934. The average molecular weight is 321 g/mol. The molecule has 1 N–H and O–H groups in total. The molecule has 3 nitrogen and oxygen atoms in total. The van der Waals surface area contributed by atoms with Gasteiger partial charge in [-0.1, -0.05) is 60.7 Å². The van der Waals surface area contributed by atoms with Crippen molar-refractivity contribution >= 4 is 0 Å². The number of hydrogen-bond acceptors (Lipinski definition) is 3. The second kappa shape index (κ2) is 6.67. The number of nitrogens with zero attached hydrogens (tertiary/aromatic N) is 2. The summed E-state index contributed by atoms with van der Waals surface area (Å²) >= 11 is 0. The fourth-order valence-corrected chi connectivity index (χ4v) is 4.30. The highest BCUT2D eigenvalue weighted by Crippen LogP contribution is 2.38. The van der Waals surface area contributed by atoms with Crippen molar-refractivity contribution in [1.82, 2.24) is 15.1 Å². The van der Waals surface area contributed by atoms with Gasteiger partial charge in [-0.05, 0) is 18.1 Å². The van der Waals surface area contributed by atoms with Crippen LogP contribution in [-0.4, -0.2) is 54.6 Å². The van der Waals surface area contributed by atoms with E-state index in [0.29, 0.717) is 11.6 Å². The standard InChI is InChI=1S/C21H27N3/c1-21(24-14-12-22-13-15-24)16-23(17-21)20(18-8-4-2-5-9-18)19-10-6-3-7-11-19/h2-11,20,22H,12-17H2,1H3. The van der Waals surface area contributed by atoms with E-state index in [1.807, 2.05) is 0 Å². The van der Waals surface area contributed by atoms with Crippen molar-refractivity contribution in [3.05, 3.63) is 71.8 Å². The lowest BCUT2D eigenvalue weighted by atomic mass is 9.84. The van der Waals surface area contributed by atoms with Gasteiger partial charge in [-0.2, -0.15) is 0 Å². The van der Waals surface area contributed by atoms with Crippen molar-refractivity contribution in [2.24, 2.45) is 0 Å². The van der Waals surface area contributed by atoms with Crippen LogP contribution < -0.4 is 5.32 Å². The van der Waals surface area contributed by atoms with Crippen LogP contribution in [0, 0.1) is 0 Å². The van der Waals surface area contributed by atoms with Gasteiger partial charge in [0.15, 0.2) is 0 Å². The Morgan fingerprint density at radius 1 is 0.833 bits per heavy atom. The minimum atomic E-state index is 0.323. The summed E-state index contributed by atoms with van der Waals surface area (Å²) in [7, 11) is 0. The molecule has 2 aliphatic heterocycles. The topological polar surface area (TPSA) is 18.5 Å². The van der Waals surface area contributed by atoms with E-state index in [1.54, 1.807) is 0 Å². The van der Waals surface area contributed by atoms with Crippen LogP contribution in [0.2, 0.25) is 0 Å². The minimum Gasteiger partial charge on any atom is -0.314 e. The van der Waals surface area contributed by atoms with Gasteiger partial charge < -0.3 is 5.32 Å². The Morgan fingerprint density at radius 3 is 1.83 bits per heavy atom. The average Bonchev–Trinajstić information content (AvgIpc) is 2.63. The summed E-state index contributed by atoms with van der Waals surface area (Å²) < 4.78 is 0. The molecular formula is C21H27N3. The van der Waals surface area contributed by atoms with Gasteiger partial charge in [0.2, 0.25) is 0 Å². The molecule has 0 atom stereocenters. The van der Waals surface area contributed by atoms with Gasteiger partial charge in [0.25, 0.3) is 0 Å². The predicted octanol–water partition coefficient (Wildman–Crippen LogP) is 2.76. The summed E-state index contributed by atoms with van der Waals surface area (Å²) in [6, 6.07) is 22.2. The summed E-state index contributed by atoms with van der Waals surface area (Å²) in [6.07, 6.45) is 0. The van der Waals surface area contributed by atoms with Crippen LogP contribution in [0.3, 0.4) is 0 Å². The van der Waals surface area contributed by atoms with Gasteiger partial charge >= 0.3 is 0 Å². The van der Waals surface area contributed by atoms with Gasteiger partial charge in [-0.25, -0.2) is 0 Å². The van der Waals surface area contributed by atoms with E-state index >= 15 is 0 Å². The lowest BCUT2D eigenvalue weighted by Crippen LogP contribution is -2.71. The van der Waals surface area contributed by atoms with Crippen LogP contribution in [0.15, 0.2) is 60.7 Å². The first kappa shape index (κ1) is 15.8. The minimum absolute atomic E-state index is 0.323. The summed E-state index contributed by atoms with van der Waals surface area (Å²) in [6.45, 7) is 9.30. The zero-order valence-corrected chi connectivity index (χ0v) is 14.5. The molecule has 24 heavy (non-hydrogen) atoms. The molecule has 0 radical (unpaired) electrons. The molecule has 0 aliphatic carbocycles. The number of benzene rings is 2. The Balaban J connectivity index is 1.55. The van der Waals surface area contributed by atoms with Crippen LogP contribution in [0.25, 0.3) is 0 Å². The highest BCUT2D eigenvalue weighted by Gasteiger charge is 2.46. The van der Waals surface area contributed by atoms with E-state index in [0.717, 1.165) is 26.2 Å². The summed E-state index contributed by atoms with van der Waals surface area (Å²) in [5, 5.41) is 3.47. The Kier molecular flexibility index (Phi) is 4.40. The fraction of sp³-hybridized carbons (Fsp3) is 0.429. The van der Waals surface area contributed by atoms with Crippen LogP contribution >= 0.6 is 0 Å². The van der Waals surface area contributed by atoms with Gasteiger partial charge in [0.1, 0.15) is 0 Å². The van der Waals surface area contributed by atoms with E-state index in [4.69, 9.17) is 0 Å². The van der Waals surface area contributed by atoms with Gasteiger partial charge in [0.05, 0.1) is 6.04 Å². The van der Waals surface area contributed by atoms with Crippen LogP contribution in [0.5, 0.6) is 0 Å². The van der Waals surface area contributed by atoms with Crippen molar-refractivity contribution in [2.75, 3.05) is 39.3 Å². The van der Waals surface area contributed by atoms with Crippen LogP contribution in [0.1, 0.15) is 24.1 Å². The molecule has 2 heterocycles. The Bertz CT molecular complexity index is 604. The Labute approximate surface area is 145 Å². The van der Waals surface area contributed by atoms with E-state index in [-0.39, 0.29) is 0 Å². The SMILES string of the molecule is CC1(N2CCNCC2)CN(C(c2ccccc2)c2ccccc2)C1. The second-order valence-electron chi connectivity index (χ2n) is 7.36. The monoisotopic (exact) mass is 321 g/mol. The van der Waals surface area contributed by atoms with E-state index in [2.05, 4.69) is 82.7 Å². The number of piperazine rings is 1. The zero-order valence-electron chi connectivity index (χ0n) is 14.5.